The van der Waals surface area contributed by atoms with Crippen LogP contribution in [0.2, 0.25) is 0 Å². The summed E-state index contributed by atoms with van der Waals surface area (Å²) < 4.78 is 27.2. The smallest absolute Gasteiger partial charge is 0.292 e. The van der Waals surface area contributed by atoms with Crippen LogP contribution >= 0.6 is 0 Å². The quantitative estimate of drug-likeness (QED) is 0.482. The first-order chi connectivity index (χ1) is 15.3. The average molecular weight is 460 g/mol. The summed E-state index contributed by atoms with van der Waals surface area (Å²) in [7, 11) is -1.34. The highest BCUT2D eigenvalue weighted by atomic mass is 32.2. The Bertz CT molecular complexity index is 1050. The summed E-state index contributed by atoms with van der Waals surface area (Å²) in [5.74, 6) is -0.00107. The van der Waals surface area contributed by atoms with Gasteiger partial charge in [0.15, 0.2) is 0 Å². The molecule has 9 nitrogen and oxygen atoms in total. The molecule has 2 aliphatic rings. The monoisotopic (exact) mass is 459 g/mol. The topological polar surface area (TPSA) is 90.2 Å². The zero-order valence-corrected chi connectivity index (χ0v) is 19.1. The van der Waals surface area contributed by atoms with Crippen LogP contribution in [0.3, 0.4) is 0 Å². The number of nitrogens with zero attached hydrogens (tertiary/aromatic N) is 5. The van der Waals surface area contributed by atoms with Crippen molar-refractivity contribution in [2.24, 2.45) is 0 Å². The van der Waals surface area contributed by atoms with Gasteiger partial charge in [-0.3, -0.25) is 10.1 Å². The Morgan fingerprint density at radius 2 is 1.50 bits per heavy atom. The minimum atomic E-state index is -3.39. The molecule has 2 fully saturated rings. The highest BCUT2D eigenvalue weighted by Crippen LogP contribution is 2.33. The number of hydrogen-bond donors (Lipinski definition) is 0. The molecule has 0 unspecified atom stereocenters. The summed E-state index contributed by atoms with van der Waals surface area (Å²) in [6.45, 7) is 5.10. The van der Waals surface area contributed by atoms with Gasteiger partial charge in [-0.1, -0.05) is 30.3 Å². The molecule has 0 spiro atoms. The molecular formula is C22H29N5O4S. The number of rotatable bonds is 6. The molecule has 4 rings (SSSR count). The van der Waals surface area contributed by atoms with Crippen LogP contribution in [0.4, 0.5) is 17.1 Å². The fraction of sp³-hybridized carbons (Fsp3) is 0.455. The highest BCUT2D eigenvalue weighted by molar-refractivity contribution is 7.88. The Kier molecular flexibility index (Phi) is 6.63. The number of hydrogen-bond acceptors (Lipinski definition) is 7. The maximum absolute atomic E-state index is 12.8. The van der Waals surface area contributed by atoms with E-state index in [1.54, 1.807) is 16.4 Å². The van der Waals surface area contributed by atoms with E-state index in [4.69, 9.17) is 0 Å². The van der Waals surface area contributed by atoms with E-state index in [0.29, 0.717) is 31.9 Å². The third kappa shape index (κ3) is 5.03. The van der Waals surface area contributed by atoms with Crippen LogP contribution in [0.5, 0.6) is 0 Å². The molecule has 0 aromatic heterocycles. The van der Waals surface area contributed by atoms with Crippen LogP contribution in [0, 0.1) is 10.1 Å². The molecule has 2 aromatic carbocycles. The average Bonchev–Trinajstić information content (AvgIpc) is 2.79. The first kappa shape index (κ1) is 22.5. The number of piperazine rings is 2. The molecule has 2 heterocycles. The zero-order valence-electron chi connectivity index (χ0n) is 18.3. The van der Waals surface area contributed by atoms with Crippen molar-refractivity contribution in [1.82, 2.24) is 9.21 Å². The molecule has 10 heteroatoms. The molecule has 0 N–H and O–H groups in total. The maximum atomic E-state index is 12.8. The molecule has 0 amide bonds. The predicted molar refractivity (Wildman–Crippen MR) is 126 cm³/mol. The van der Waals surface area contributed by atoms with E-state index in [9.17, 15) is 18.5 Å². The second-order valence-corrected chi connectivity index (χ2v) is 10.3. The number of nitro groups is 1. The summed E-state index contributed by atoms with van der Waals surface area (Å²) in [4.78, 5) is 17.7. The largest absolute Gasteiger partial charge is 0.369 e. The second kappa shape index (κ2) is 9.43. The standard InChI is InChI=1S/C22H29N5O4S/c1-23-9-11-25(12-10-23)22-17-20(7-8-21(22)27(28)29)24-13-15-26(16-14-24)32(30,31)18-19-5-3-2-4-6-19/h2-8,17H,9-16,18H2,1H3. The molecule has 172 valence electrons. The van der Waals surface area contributed by atoms with Crippen molar-refractivity contribution >= 4 is 27.1 Å². The van der Waals surface area contributed by atoms with Gasteiger partial charge in [-0.2, -0.15) is 4.31 Å². The van der Waals surface area contributed by atoms with Crippen LogP contribution in [-0.2, 0) is 15.8 Å². The molecular weight excluding hydrogens is 430 g/mol. The molecule has 2 saturated heterocycles. The van der Waals surface area contributed by atoms with Crippen LogP contribution in [0.25, 0.3) is 0 Å². The van der Waals surface area contributed by atoms with E-state index in [1.807, 2.05) is 43.4 Å². The Labute approximate surface area is 189 Å². The van der Waals surface area contributed by atoms with Gasteiger partial charge in [-0.15, -0.1) is 0 Å². The lowest BCUT2D eigenvalue weighted by Gasteiger charge is -2.37. The fourth-order valence-corrected chi connectivity index (χ4v) is 5.78. The molecule has 0 bridgehead atoms. The van der Waals surface area contributed by atoms with Crippen molar-refractivity contribution in [3.63, 3.8) is 0 Å². The van der Waals surface area contributed by atoms with Gasteiger partial charge in [0.05, 0.1) is 10.7 Å². The van der Waals surface area contributed by atoms with Crippen LogP contribution in [0.15, 0.2) is 48.5 Å². The molecule has 0 radical (unpaired) electrons. The van der Waals surface area contributed by atoms with Crippen molar-refractivity contribution in [1.29, 1.82) is 0 Å². The van der Waals surface area contributed by atoms with Crippen LogP contribution in [0.1, 0.15) is 5.56 Å². The van der Waals surface area contributed by atoms with Gasteiger partial charge in [0.2, 0.25) is 10.0 Å². The Balaban J connectivity index is 1.46. The fourth-order valence-electron chi connectivity index (χ4n) is 4.26. The maximum Gasteiger partial charge on any atom is 0.292 e. The van der Waals surface area contributed by atoms with Crippen molar-refractivity contribution in [2.75, 3.05) is 69.2 Å². The number of nitro benzene ring substituents is 1. The summed E-state index contributed by atoms with van der Waals surface area (Å²) in [5, 5.41) is 11.6. The summed E-state index contributed by atoms with van der Waals surface area (Å²) in [5.41, 5.74) is 2.42. The lowest BCUT2D eigenvalue weighted by atomic mass is 10.1. The third-order valence-electron chi connectivity index (χ3n) is 6.19. The van der Waals surface area contributed by atoms with E-state index in [0.717, 1.165) is 37.4 Å². The van der Waals surface area contributed by atoms with E-state index in [2.05, 4.69) is 14.7 Å². The van der Waals surface area contributed by atoms with Gasteiger partial charge >= 0.3 is 0 Å². The summed E-state index contributed by atoms with van der Waals surface area (Å²) in [6, 6.07) is 14.4. The molecule has 2 aromatic rings. The lowest BCUT2D eigenvalue weighted by Crippen LogP contribution is -2.49. The van der Waals surface area contributed by atoms with Crippen molar-refractivity contribution in [3.05, 3.63) is 64.2 Å². The van der Waals surface area contributed by atoms with E-state index >= 15 is 0 Å². The Morgan fingerprint density at radius 1 is 0.875 bits per heavy atom. The van der Waals surface area contributed by atoms with Gasteiger partial charge < -0.3 is 14.7 Å². The zero-order chi connectivity index (χ0) is 22.7. The molecule has 0 atom stereocenters. The van der Waals surface area contributed by atoms with E-state index < -0.39 is 10.0 Å². The van der Waals surface area contributed by atoms with Crippen molar-refractivity contribution in [3.8, 4) is 0 Å². The number of likely N-dealkylation sites (N-methyl/N-ethyl adjacent to an activating group) is 1. The first-order valence-electron chi connectivity index (χ1n) is 10.8. The number of sulfonamides is 1. The molecule has 32 heavy (non-hydrogen) atoms. The molecule has 0 saturated carbocycles. The van der Waals surface area contributed by atoms with E-state index in [1.165, 1.54) is 0 Å². The third-order valence-corrected chi connectivity index (χ3v) is 8.04. The van der Waals surface area contributed by atoms with Gasteiger partial charge in [0.25, 0.3) is 5.69 Å². The SMILES string of the molecule is CN1CCN(c2cc(N3CCN(S(=O)(=O)Cc4ccccc4)CC3)ccc2[N+](=O)[O-])CC1. The second-order valence-electron chi connectivity index (χ2n) is 8.35. The summed E-state index contributed by atoms with van der Waals surface area (Å²) in [6.07, 6.45) is 0. The van der Waals surface area contributed by atoms with Gasteiger partial charge in [-0.25, -0.2) is 8.42 Å². The summed E-state index contributed by atoms with van der Waals surface area (Å²) >= 11 is 0. The molecule has 2 aliphatic heterocycles. The normalized spacial score (nSPS) is 18.7. The number of benzene rings is 2. The van der Waals surface area contributed by atoms with Crippen LogP contribution < -0.4 is 9.80 Å². The van der Waals surface area contributed by atoms with Gasteiger partial charge in [-0.05, 0) is 24.7 Å². The van der Waals surface area contributed by atoms with E-state index in [-0.39, 0.29) is 16.4 Å². The lowest BCUT2D eigenvalue weighted by molar-refractivity contribution is -0.384. The Morgan fingerprint density at radius 3 is 2.12 bits per heavy atom. The van der Waals surface area contributed by atoms with Crippen LogP contribution in [-0.4, -0.2) is 82.0 Å². The minimum Gasteiger partial charge on any atom is -0.369 e. The first-order valence-corrected chi connectivity index (χ1v) is 12.4. The molecule has 0 aliphatic carbocycles. The van der Waals surface area contributed by atoms with Crippen molar-refractivity contribution < 1.29 is 13.3 Å². The van der Waals surface area contributed by atoms with Crippen molar-refractivity contribution in [2.45, 2.75) is 5.75 Å². The predicted octanol–water partition coefficient (Wildman–Crippen LogP) is 2.00. The number of anilines is 2. The minimum absolute atomic E-state index is 0.00107. The highest BCUT2D eigenvalue weighted by Gasteiger charge is 2.29. The van der Waals surface area contributed by atoms with Gasteiger partial charge in [0, 0.05) is 64.1 Å². The van der Waals surface area contributed by atoms with Gasteiger partial charge in [0.1, 0.15) is 5.69 Å². The Hall–Kier alpha value is -2.69.